The van der Waals surface area contributed by atoms with Gasteiger partial charge in [-0.2, -0.15) is 0 Å². The molecule has 7 nitrogen and oxygen atoms in total. The minimum atomic E-state index is -0.353. The van der Waals surface area contributed by atoms with Crippen LogP contribution in [0.2, 0.25) is 0 Å². The Morgan fingerprint density at radius 3 is 3.26 bits per heavy atom. The van der Waals surface area contributed by atoms with Crippen molar-refractivity contribution in [2.45, 2.75) is 43.5 Å². The zero-order chi connectivity index (χ0) is 13.5. The molecule has 0 radical (unpaired) electrons. The number of ether oxygens (including phenoxy) is 2. The molecule has 2 rings (SSSR count). The zero-order valence-electron chi connectivity index (χ0n) is 10.9. The van der Waals surface area contributed by atoms with Gasteiger partial charge in [-0.1, -0.05) is 11.8 Å². The molecule has 0 bridgehead atoms. The van der Waals surface area contributed by atoms with Crippen LogP contribution in [-0.4, -0.2) is 51.8 Å². The SMILES string of the molecule is COC(=O)Cn1nnnc1SCCCC1CCCO1. The van der Waals surface area contributed by atoms with E-state index >= 15 is 0 Å². The molecule has 2 heterocycles. The molecule has 1 aliphatic heterocycles. The summed E-state index contributed by atoms with van der Waals surface area (Å²) in [5.41, 5.74) is 0. The van der Waals surface area contributed by atoms with E-state index in [-0.39, 0.29) is 12.5 Å². The molecule has 1 aromatic rings. The summed E-state index contributed by atoms with van der Waals surface area (Å²) in [4.78, 5) is 11.2. The van der Waals surface area contributed by atoms with Crippen LogP contribution in [0.25, 0.3) is 0 Å². The van der Waals surface area contributed by atoms with E-state index in [0.29, 0.717) is 11.3 Å². The number of esters is 1. The lowest BCUT2D eigenvalue weighted by Gasteiger charge is -2.08. The molecule has 19 heavy (non-hydrogen) atoms. The highest BCUT2D eigenvalue weighted by atomic mass is 32.2. The molecule has 0 spiro atoms. The van der Waals surface area contributed by atoms with Gasteiger partial charge in [0.25, 0.3) is 0 Å². The molecule has 1 unspecified atom stereocenters. The fraction of sp³-hybridized carbons (Fsp3) is 0.818. The molecule has 106 valence electrons. The number of carbonyl (C=O) groups excluding carboxylic acids is 1. The van der Waals surface area contributed by atoms with E-state index in [1.807, 2.05) is 0 Å². The fourth-order valence-corrected chi connectivity index (χ4v) is 2.77. The molecule has 0 saturated carbocycles. The largest absolute Gasteiger partial charge is 0.468 e. The first-order valence-corrected chi connectivity index (χ1v) is 7.35. The topological polar surface area (TPSA) is 79.1 Å². The fourth-order valence-electron chi connectivity index (χ4n) is 1.93. The van der Waals surface area contributed by atoms with E-state index < -0.39 is 0 Å². The van der Waals surface area contributed by atoms with E-state index in [1.54, 1.807) is 11.8 Å². The van der Waals surface area contributed by atoms with Crippen LogP contribution < -0.4 is 0 Å². The summed E-state index contributed by atoms with van der Waals surface area (Å²) < 4.78 is 11.6. The number of methoxy groups -OCH3 is 1. The van der Waals surface area contributed by atoms with Crippen molar-refractivity contribution in [2.75, 3.05) is 19.5 Å². The van der Waals surface area contributed by atoms with Gasteiger partial charge in [0.1, 0.15) is 6.54 Å². The number of hydrogen-bond donors (Lipinski definition) is 0. The second-order valence-electron chi connectivity index (χ2n) is 4.32. The Morgan fingerprint density at radius 2 is 2.53 bits per heavy atom. The molecule has 1 aliphatic rings. The van der Waals surface area contributed by atoms with Gasteiger partial charge in [-0.15, -0.1) is 5.10 Å². The minimum absolute atomic E-state index is 0.0531. The van der Waals surface area contributed by atoms with Gasteiger partial charge in [0.2, 0.25) is 5.16 Å². The van der Waals surface area contributed by atoms with Gasteiger partial charge in [0, 0.05) is 12.4 Å². The van der Waals surface area contributed by atoms with Crippen molar-refractivity contribution < 1.29 is 14.3 Å². The second-order valence-corrected chi connectivity index (χ2v) is 5.38. The third-order valence-electron chi connectivity index (χ3n) is 2.93. The summed E-state index contributed by atoms with van der Waals surface area (Å²) in [6.07, 6.45) is 4.90. The van der Waals surface area contributed by atoms with Crippen LogP contribution in [0, 0.1) is 0 Å². The van der Waals surface area contributed by atoms with Crippen LogP contribution in [0.3, 0.4) is 0 Å². The van der Waals surface area contributed by atoms with Crippen molar-refractivity contribution >= 4 is 17.7 Å². The van der Waals surface area contributed by atoms with E-state index in [1.165, 1.54) is 24.6 Å². The summed E-state index contributed by atoms with van der Waals surface area (Å²) in [5.74, 6) is 0.565. The summed E-state index contributed by atoms with van der Waals surface area (Å²) in [6, 6.07) is 0. The maximum atomic E-state index is 11.2. The Balaban J connectivity index is 1.70. The zero-order valence-corrected chi connectivity index (χ0v) is 11.8. The monoisotopic (exact) mass is 286 g/mol. The molecule has 0 aliphatic carbocycles. The van der Waals surface area contributed by atoms with Crippen molar-refractivity contribution in [1.29, 1.82) is 0 Å². The Labute approximate surface area is 116 Å². The van der Waals surface area contributed by atoms with Crippen LogP contribution in [0.4, 0.5) is 0 Å². The highest BCUT2D eigenvalue weighted by Gasteiger charge is 2.15. The molecular formula is C11H18N4O3S. The first-order chi connectivity index (χ1) is 9.29. The number of tetrazole rings is 1. The standard InChI is InChI=1S/C11H18N4O3S/c1-17-10(16)8-15-11(12-13-14-15)19-7-3-5-9-4-2-6-18-9/h9H,2-8H2,1H3. The smallest absolute Gasteiger partial charge is 0.327 e. The average Bonchev–Trinajstić information content (AvgIpc) is 3.06. The lowest BCUT2D eigenvalue weighted by molar-refractivity contribution is -0.141. The van der Waals surface area contributed by atoms with Crippen LogP contribution >= 0.6 is 11.8 Å². The van der Waals surface area contributed by atoms with Gasteiger partial charge >= 0.3 is 5.97 Å². The third-order valence-corrected chi connectivity index (χ3v) is 3.97. The van der Waals surface area contributed by atoms with E-state index in [4.69, 9.17) is 4.74 Å². The third kappa shape index (κ3) is 4.46. The van der Waals surface area contributed by atoms with Crippen molar-refractivity contribution in [3.63, 3.8) is 0 Å². The predicted octanol–water partition coefficient (Wildman–Crippen LogP) is 0.897. The second kappa shape index (κ2) is 7.44. The van der Waals surface area contributed by atoms with E-state index in [2.05, 4.69) is 20.3 Å². The summed E-state index contributed by atoms with van der Waals surface area (Å²) in [7, 11) is 1.35. The maximum absolute atomic E-state index is 11.2. The van der Waals surface area contributed by atoms with E-state index in [9.17, 15) is 4.79 Å². The minimum Gasteiger partial charge on any atom is -0.468 e. The first kappa shape index (κ1) is 14.3. The average molecular weight is 286 g/mol. The lowest BCUT2D eigenvalue weighted by Crippen LogP contribution is -2.14. The van der Waals surface area contributed by atoms with Crippen molar-refractivity contribution in [3.05, 3.63) is 0 Å². The summed E-state index contributed by atoms with van der Waals surface area (Å²) in [5, 5.41) is 11.9. The summed E-state index contributed by atoms with van der Waals surface area (Å²) >= 11 is 1.55. The molecule has 1 saturated heterocycles. The number of carbonyl (C=O) groups is 1. The van der Waals surface area contributed by atoms with Crippen LogP contribution in [-0.2, 0) is 20.8 Å². The van der Waals surface area contributed by atoms with E-state index in [0.717, 1.165) is 25.2 Å². The number of nitrogens with zero attached hydrogens (tertiary/aromatic N) is 4. The van der Waals surface area contributed by atoms with Crippen LogP contribution in [0.15, 0.2) is 5.16 Å². The van der Waals surface area contributed by atoms with Gasteiger partial charge in [-0.25, -0.2) is 4.68 Å². The number of rotatable bonds is 7. The molecule has 1 fully saturated rings. The Morgan fingerprint density at radius 1 is 1.63 bits per heavy atom. The lowest BCUT2D eigenvalue weighted by atomic mass is 10.1. The van der Waals surface area contributed by atoms with Gasteiger partial charge in [-0.3, -0.25) is 4.79 Å². The highest BCUT2D eigenvalue weighted by Crippen LogP contribution is 2.20. The maximum Gasteiger partial charge on any atom is 0.327 e. The Kier molecular flexibility index (Phi) is 5.59. The van der Waals surface area contributed by atoms with Gasteiger partial charge in [0.05, 0.1) is 13.2 Å². The molecule has 0 amide bonds. The number of aromatic nitrogens is 4. The first-order valence-electron chi connectivity index (χ1n) is 6.37. The summed E-state index contributed by atoms with van der Waals surface area (Å²) in [6.45, 7) is 0.951. The number of thioether (sulfide) groups is 1. The molecule has 1 aromatic heterocycles. The van der Waals surface area contributed by atoms with Gasteiger partial charge in [0.15, 0.2) is 0 Å². The number of hydrogen-bond acceptors (Lipinski definition) is 7. The molecule has 0 N–H and O–H groups in total. The molecule has 0 aromatic carbocycles. The van der Waals surface area contributed by atoms with Crippen LogP contribution in [0.1, 0.15) is 25.7 Å². The predicted molar refractivity (Wildman–Crippen MR) is 68.8 cm³/mol. The molecule has 1 atom stereocenters. The van der Waals surface area contributed by atoms with Crippen molar-refractivity contribution in [1.82, 2.24) is 20.2 Å². The Bertz CT molecular complexity index is 406. The molecule has 8 heteroatoms. The Hall–Kier alpha value is -1.15. The highest BCUT2D eigenvalue weighted by molar-refractivity contribution is 7.99. The molecular weight excluding hydrogens is 268 g/mol. The van der Waals surface area contributed by atoms with Crippen molar-refractivity contribution in [3.8, 4) is 0 Å². The van der Waals surface area contributed by atoms with Gasteiger partial charge in [-0.05, 0) is 36.1 Å². The van der Waals surface area contributed by atoms with Crippen molar-refractivity contribution in [2.24, 2.45) is 0 Å². The normalized spacial score (nSPS) is 18.7. The van der Waals surface area contributed by atoms with Crippen LogP contribution in [0.5, 0.6) is 0 Å². The van der Waals surface area contributed by atoms with Gasteiger partial charge < -0.3 is 9.47 Å². The quantitative estimate of drug-likeness (QED) is 0.418.